The van der Waals surface area contributed by atoms with Crippen LogP contribution in [0.1, 0.15) is 33.3 Å². The summed E-state index contributed by atoms with van der Waals surface area (Å²) < 4.78 is 0. The molecule has 0 radical (unpaired) electrons. The lowest BCUT2D eigenvalue weighted by Gasteiger charge is -2.32. The predicted octanol–water partition coefficient (Wildman–Crippen LogP) is 2.20. The molecule has 4 nitrogen and oxygen atoms in total. The lowest BCUT2D eigenvalue weighted by Crippen LogP contribution is -2.48. The number of benzene rings is 1. The first-order valence-electron chi connectivity index (χ1n) is 6.64. The van der Waals surface area contributed by atoms with E-state index in [2.05, 4.69) is 41.3 Å². The third-order valence-electron chi connectivity index (χ3n) is 3.61. The molecule has 0 bridgehead atoms. The molecule has 2 rings (SSSR count). The monoisotopic (exact) mass is 261 g/mol. The number of H-pyrrole nitrogens is 1. The number of imidazole rings is 1. The molecule has 2 aromatic rings. The third kappa shape index (κ3) is 3.14. The summed E-state index contributed by atoms with van der Waals surface area (Å²) in [6.45, 7) is 9.33. The maximum Gasteiger partial charge on any atom is 0.0931 e. The van der Waals surface area contributed by atoms with Gasteiger partial charge in [0.25, 0.3) is 0 Å². The molecule has 0 spiro atoms. The molecule has 1 aromatic carbocycles. The van der Waals surface area contributed by atoms with Gasteiger partial charge in [-0.05, 0) is 31.5 Å². The molecule has 0 saturated carbocycles. The Labute approximate surface area is 114 Å². The van der Waals surface area contributed by atoms with Crippen LogP contribution in [-0.2, 0) is 5.41 Å². The van der Waals surface area contributed by atoms with E-state index in [9.17, 15) is 5.11 Å². The first-order chi connectivity index (χ1) is 8.84. The quantitative estimate of drug-likeness (QED) is 0.773. The van der Waals surface area contributed by atoms with E-state index in [0.29, 0.717) is 0 Å². The van der Waals surface area contributed by atoms with Gasteiger partial charge in [0, 0.05) is 17.5 Å². The second-order valence-corrected chi connectivity index (χ2v) is 6.41. The van der Waals surface area contributed by atoms with Crippen molar-refractivity contribution in [2.45, 2.75) is 38.6 Å². The molecule has 4 heteroatoms. The number of aromatic amines is 1. The van der Waals surface area contributed by atoms with Crippen molar-refractivity contribution in [2.75, 3.05) is 13.2 Å². The van der Waals surface area contributed by atoms with Gasteiger partial charge in [-0.1, -0.05) is 19.9 Å². The Morgan fingerprint density at radius 3 is 2.68 bits per heavy atom. The highest BCUT2D eigenvalue weighted by Crippen LogP contribution is 2.25. The zero-order valence-electron chi connectivity index (χ0n) is 12.1. The largest absolute Gasteiger partial charge is 0.394 e. The zero-order valence-corrected chi connectivity index (χ0v) is 12.1. The highest BCUT2D eigenvalue weighted by molar-refractivity contribution is 5.75. The number of fused-ring (bicyclic) bond motifs is 1. The minimum absolute atomic E-state index is 0.00819. The van der Waals surface area contributed by atoms with Crippen LogP contribution in [0.3, 0.4) is 0 Å². The van der Waals surface area contributed by atoms with Crippen LogP contribution in [0.2, 0.25) is 0 Å². The summed E-state index contributed by atoms with van der Waals surface area (Å²) in [5.41, 5.74) is 3.04. The van der Waals surface area contributed by atoms with Crippen molar-refractivity contribution in [3.63, 3.8) is 0 Å². The molecule has 104 valence electrons. The normalized spacial score (nSPS) is 13.1. The molecule has 1 heterocycles. The Hall–Kier alpha value is -1.39. The van der Waals surface area contributed by atoms with Crippen LogP contribution in [0.25, 0.3) is 11.0 Å². The van der Waals surface area contributed by atoms with E-state index in [0.717, 1.165) is 17.6 Å². The highest BCUT2D eigenvalue weighted by atomic mass is 16.3. The van der Waals surface area contributed by atoms with Crippen LogP contribution in [0.4, 0.5) is 0 Å². The predicted molar refractivity (Wildman–Crippen MR) is 78.3 cm³/mol. The first kappa shape index (κ1) is 14.0. The minimum Gasteiger partial charge on any atom is -0.394 e. The standard InChI is InChI=1S/C15H23N3O/c1-14(2,8-18-15(3,4)9-19)11-5-6-12-13(7-11)17-10-16-12/h5-7,10,18-19H,8-9H2,1-4H3,(H,16,17). The fraction of sp³-hybridized carbons (Fsp3) is 0.533. The summed E-state index contributed by atoms with van der Waals surface area (Å²) >= 11 is 0. The lowest BCUT2D eigenvalue weighted by atomic mass is 9.83. The topological polar surface area (TPSA) is 60.9 Å². The molecule has 0 aliphatic rings. The SMILES string of the molecule is CC(C)(CO)NCC(C)(C)c1ccc2nc[nH]c2c1. The van der Waals surface area contributed by atoms with Gasteiger partial charge in [-0.2, -0.15) is 0 Å². The second-order valence-electron chi connectivity index (χ2n) is 6.41. The van der Waals surface area contributed by atoms with Crippen LogP contribution in [-0.4, -0.2) is 33.8 Å². The average Bonchev–Trinajstić information content (AvgIpc) is 2.84. The van der Waals surface area contributed by atoms with Gasteiger partial charge in [-0.15, -0.1) is 0 Å². The van der Waals surface area contributed by atoms with E-state index in [1.807, 2.05) is 19.9 Å². The van der Waals surface area contributed by atoms with Crippen molar-refractivity contribution in [3.05, 3.63) is 30.1 Å². The number of nitrogens with zero attached hydrogens (tertiary/aromatic N) is 1. The first-order valence-corrected chi connectivity index (χ1v) is 6.64. The van der Waals surface area contributed by atoms with Gasteiger partial charge >= 0.3 is 0 Å². The van der Waals surface area contributed by atoms with Gasteiger partial charge in [-0.3, -0.25) is 0 Å². The molecule has 0 unspecified atom stereocenters. The van der Waals surface area contributed by atoms with Gasteiger partial charge in [0.15, 0.2) is 0 Å². The third-order valence-corrected chi connectivity index (χ3v) is 3.61. The molecule has 0 aliphatic heterocycles. The summed E-state index contributed by atoms with van der Waals surface area (Å²) in [4.78, 5) is 7.38. The number of hydrogen-bond donors (Lipinski definition) is 3. The van der Waals surface area contributed by atoms with E-state index in [4.69, 9.17) is 0 Å². The van der Waals surface area contributed by atoms with Crippen LogP contribution < -0.4 is 5.32 Å². The Balaban J connectivity index is 2.18. The van der Waals surface area contributed by atoms with E-state index in [1.165, 1.54) is 5.56 Å². The van der Waals surface area contributed by atoms with Gasteiger partial charge in [0.05, 0.1) is 24.0 Å². The molecule has 0 saturated heterocycles. The van der Waals surface area contributed by atoms with E-state index >= 15 is 0 Å². The molecule has 0 amide bonds. The molecule has 3 N–H and O–H groups in total. The Bertz CT molecular complexity index is 557. The number of aromatic nitrogens is 2. The van der Waals surface area contributed by atoms with Crippen LogP contribution in [0.15, 0.2) is 24.5 Å². The molecule has 0 atom stereocenters. The lowest BCUT2D eigenvalue weighted by molar-refractivity contribution is 0.181. The smallest absolute Gasteiger partial charge is 0.0931 e. The summed E-state index contributed by atoms with van der Waals surface area (Å²) in [7, 11) is 0. The molecule has 0 fully saturated rings. The van der Waals surface area contributed by atoms with E-state index < -0.39 is 0 Å². The number of aliphatic hydroxyl groups is 1. The van der Waals surface area contributed by atoms with Crippen molar-refractivity contribution in [2.24, 2.45) is 0 Å². The average molecular weight is 261 g/mol. The summed E-state index contributed by atoms with van der Waals surface area (Å²) in [5, 5.41) is 12.7. The van der Waals surface area contributed by atoms with Crippen molar-refractivity contribution >= 4 is 11.0 Å². The molecule has 0 aliphatic carbocycles. The maximum absolute atomic E-state index is 9.30. The number of nitrogens with one attached hydrogen (secondary N) is 2. The molecule has 19 heavy (non-hydrogen) atoms. The van der Waals surface area contributed by atoms with Gasteiger partial charge in [0.1, 0.15) is 0 Å². The summed E-state index contributed by atoms with van der Waals surface area (Å²) in [6.07, 6.45) is 1.72. The van der Waals surface area contributed by atoms with Crippen LogP contribution in [0.5, 0.6) is 0 Å². The minimum atomic E-state index is -0.255. The molecular formula is C15H23N3O. The number of rotatable bonds is 5. The van der Waals surface area contributed by atoms with E-state index in [-0.39, 0.29) is 17.6 Å². The number of hydrogen-bond acceptors (Lipinski definition) is 3. The van der Waals surface area contributed by atoms with Gasteiger partial charge < -0.3 is 15.4 Å². The van der Waals surface area contributed by atoms with Crippen LogP contribution >= 0.6 is 0 Å². The number of aliphatic hydroxyl groups excluding tert-OH is 1. The molecule has 1 aromatic heterocycles. The summed E-state index contributed by atoms with van der Waals surface area (Å²) in [6, 6.07) is 6.31. The Kier molecular flexibility index (Phi) is 3.65. The van der Waals surface area contributed by atoms with Gasteiger partial charge in [-0.25, -0.2) is 4.98 Å². The van der Waals surface area contributed by atoms with Crippen molar-refractivity contribution in [1.82, 2.24) is 15.3 Å². The van der Waals surface area contributed by atoms with Crippen LogP contribution in [0, 0.1) is 0 Å². The van der Waals surface area contributed by atoms with E-state index in [1.54, 1.807) is 6.33 Å². The molecular weight excluding hydrogens is 238 g/mol. The fourth-order valence-corrected chi connectivity index (χ4v) is 1.97. The summed E-state index contributed by atoms with van der Waals surface area (Å²) in [5.74, 6) is 0. The highest BCUT2D eigenvalue weighted by Gasteiger charge is 2.25. The van der Waals surface area contributed by atoms with Crippen molar-refractivity contribution in [1.29, 1.82) is 0 Å². The Morgan fingerprint density at radius 2 is 2.00 bits per heavy atom. The van der Waals surface area contributed by atoms with Gasteiger partial charge in [0.2, 0.25) is 0 Å². The maximum atomic E-state index is 9.30. The van der Waals surface area contributed by atoms with Crippen molar-refractivity contribution < 1.29 is 5.11 Å². The zero-order chi connectivity index (χ0) is 14.1. The van der Waals surface area contributed by atoms with Crippen molar-refractivity contribution in [3.8, 4) is 0 Å². The fourth-order valence-electron chi connectivity index (χ4n) is 1.97. The second kappa shape index (κ2) is 4.94. The Morgan fingerprint density at radius 1 is 1.26 bits per heavy atom.